The Morgan fingerprint density at radius 1 is 0.781 bits per heavy atom. The predicted molar refractivity (Wildman–Crippen MR) is 139 cm³/mol. The normalized spacial score (nSPS) is 16.3. The van der Waals surface area contributed by atoms with Crippen molar-refractivity contribution in [3.63, 3.8) is 0 Å². The number of nitrogens with zero attached hydrogens (tertiary/aromatic N) is 2. The van der Waals surface area contributed by atoms with E-state index in [1.54, 1.807) is 11.3 Å². The molecule has 0 aliphatic carbocycles. The number of thiophene rings is 1. The Morgan fingerprint density at radius 2 is 1.47 bits per heavy atom. The van der Waals surface area contributed by atoms with Crippen molar-refractivity contribution >= 4 is 50.4 Å². The molecule has 5 aromatic rings. The monoisotopic (exact) mass is 430 g/mol. The summed E-state index contributed by atoms with van der Waals surface area (Å²) in [7, 11) is 0. The Morgan fingerprint density at radius 3 is 2.16 bits per heavy atom. The van der Waals surface area contributed by atoms with Crippen LogP contribution in [-0.2, 0) is 0 Å². The Bertz CT molecular complexity index is 1400. The van der Waals surface area contributed by atoms with Crippen molar-refractivity contribution < 1.29 is 0 Å². The number of hydrogen-bond donors (Lipinski definition) is 0. The molecular weight excluding hydrogens is 408 g/mol. The lowest BCUT2D eigenvalue weighted by Crippen LogP contribution is -2.19. The van der Waals surface area contributed by atoms with Gasteiger partial charge in [0, 0.05) is 6.42 Å². The van der Waals surface area contributed by atoms with Gasteiger partial charge in [-0.1, -0.05) is 72.8 Å². The highest BCUT2D eigenvalue weighted by molar-refractivity contribution is 7.08. The van der Waals surface area contributed by atoms with Crippen LogP contribution in [0.5, 0.6) is 0 Å². The van der Waals surface area contributed by atoms with E-state index in [0.717, 1.165) is 17.8 Å². The summed E-state index contributed by atoms with van der Waals surface area (Å²) < 4.78 is 0. The number of hydrogen-bond acceptors (Lipinski definition) is 3. The van der Waals surface area contributed by atoms with Crippen molar-refractivity contribution in [2.24, 2.45) is 5.10 Å². The molecule has 154 valence electrons. The molecule has 2 nitrogen and oxygen atoms in total. The van der Waals surface area contributed by atoms with E-state index < -0.39 is 0 Å². The van der Waals surface area contributed by atoms with Gasteiger partial charge in [0.1, 0.15) is 0 Å². The summed E-state index contributed by atoms with van der Waals surface area (Å²) in [5.41, 5.74) is 4.80. The first kappa shape index (κ1) is 19.0. The van der Waals surface area contributed by atoms with Gasteiger partial charge >= 0.3 is 0 Å². The molecule has 0 bridgehead atoms. The zero-order valence-electron chi connectivity index (χ0n) is 17.6. The SMILES string of the molecule is C(=C\c1ccsc1)/C1=NN(c2ccccc2)C(c2c3ccccc3cc3ccccc23)C1. The number of benzene rings is 4. The molecular formula is C29H22N2S. The summed E-state index contributed by atoms with van der Waals surface area (Å²) in [6.07, 6.45) is 5.21. The van der Waals surface area contributed by atoms with Crippen molar-refractivity contribution in [1.29, 1.82) is 0 Å². The van der Waals surface area contributed by atoms with Crippen LogP contribution in [-0.4, -0.2) is 5.71 Å². The summed E-state index contributed by atoms with van der Waals surface area (Å²) >= 11 is 1.72. The van der Waals surface area contributed by atoms with Crippen molar-refractivity contribution in [2.45, 2.75) is 12.5 Å². The van der Waals surface area contributed by atoms with Crippen molar-refractivity contribution in [3.05, 3.63) is 119 Å². The van der Waals surface area contributed by atoms with Crippen molar-refractivity contribution in [2.75, 3.05) is 5.01 Å². The van der Waals surface area contributed by atoms with Crippen molar-refractivity contribution in [3.8, 4) is 0 Å². The largest absolute Gasteiger partial charge is 0.257 e. The molecule has 3 heteroatoms. The second kappa shape index (κ2) is 8.10. The van der Waals surface area contributed by atoms with Gasteiger partial charge in [0.15, 0.2) is 0 Å². The van der Waals surface area contributed by atoms with E-state index in [4.69, 9.17) is 5.10 Å². The van der Waals surface area contributed by atoms with E-state index in [9.17, 15) is 0 Å². The first-order valence-corrected chi connectivity index (χ1v) is 11.8. The second-order valence-electron chi connectivity index (χ2n) is 8.11. The second-order valence-corrected chi connectivity index (χ2v) is 8.89. The molecule has 0 N–H and O–H groups in total. The summed E-state index contributed by atoms with van der Waals surface area (Å²) in [6, 6.07) is 32.5. The molecule has 1 aliphatic rings. The average molecular weight is 431 g/mol. The fraction of sp³-hybridized carbons (Fsp3) is 0.0690. The van der Waals surface area contributed by atoms with Crippen molar-refractivity contribution in [1.82, 2.24) is 0 Å². The zero-order chi connectivity index (χ0) is 21.3. The third kappa shape index (κ3) is 3.41. The minimum absolute atomic E-state index is 0.135. The summed E-state index contributed by atoms with van der Waals surface area (Å²) in [5.74, 6) is 0. The van der Waals surface area contributed by atoms with Gasteiger partial charge in [-0.2, -0.15) is 16.4 Å². The number of allylic oxidation sites excluding steroid dienone is 1. The van der Waals surface area contributed by atoms with Crippen LogP contribution in [0.15, 0.2) is 113 Å². The number of para-hydroxylation sites is 1. The first-order chi connectivity index (χ1) is 15.9. The Labute approximate surface area is 191 Å². The molecule has 0 saturated carbocycles. The summed E-state index contributed by atoms with van der Waals surface area (Å²) in [5, 5.41) is 16.7. The smallest absolute Gasteiger partial charge is 0.0843 e. The molecule has 0 amide bonds. The first-order valence-electron chi connectivity index (χ1n) is 10.9. The Kier molecular flexibility index (Phi) is 4.82. The van der Waals surface area contributed by atoms with Crippen LogP contribution in [0.2, 0.25) is 0 Å². The highest BCUT2D eigenvalue weighted by Gasteiger charge is 2.30. The topological polar surface area (TPSA) is 15.6 Å². The molecule has 1 aromatic heterocycles. The quantitative estimate of drug-likeness (QED) is 0.263. The third-order valence-electron chi connectivity index (χ3n) is 6.11. The van der Waals surface area contributed by atoms with E-state index >= 15 is 0 Å². The summed E-state index contributed by atoms with van der Waals surface area (Å²) in [6.45, 7) is 0. The van der Waals surface area contributed by atoms with Crippen LogP contribution < -0.4 is 5.01 Å². The summed E-state index contributed by atoms with van der Waals surface area (Å²) in [4.78, 5) is 0. The van der Waals surface area contributed by atoms with Gasteiger partial charge in [-0.25, -0.2) is 0 Å². The molecule has 4 aromatic carbocycles. The van der Waals surface area contributed by atoms with Crippen LogP contribution in [0.1, 0.15) is 23.6 Å². The number of anilines is 1. The van der Waals surface area contributed by atoms with Gasteiger partial charge in [-0.05, 0) is 73.8 Å². The molecule has 1 unspecified atom stereocenters. The number of hydrazone groups is 1. The van der Waals surface area contributed by atoms with Gasteiger partial charge in [-0.3, -0.25) is 5.01 Å². The predicted octanol–water partition coefficient (Wildman–Crippen LogP) is 8.08. The number of fused-ring (bicyclic) bond motifs is 2. The van der Waals surface area contributed by atoms with Gasteiger partial charge in [-0.15, -0.1) is 0 Å². The third-order valence-corrected chi connectivity index (χ3v) is 6.81. The lowest BCUT2D eigenvalue weighted by Gasteiger charge is -2.26. The molecule has 32 heavy (non-hydrogen) atoms. The number of rotatable bonds is 4. The zero-order valence-corrected chi connectivity index (χ0v) is 18.4. The molecule has 0 spiro atoms. The molecule has 2 heterocycles. The van der Waals surface area contributed by atoms with Crippen LogP contribution >= 0.6 is 11.3 Å². The van der Waals surface area contributed by atoms with Gasteiger partial charge < -0.3 is 0 Å². The molecule has 1 aliphatic heterocycles. The lowest BCUT2D eigenvalue weighted by atomic mass is 9.90. The maximum atomic E-state index is 5.10. The maximum Gasteiger partial charge on any atom is 0.0843 e. The minimum atomic E-state index is 0.135. The van der Waals surface area contributed by atoms with Crippen LogP contribution in [0.25, 0.3) is 27.6 Å². The Hall–Kier alpha value is -3.69. The maximum absolute atomic E-state index is 5.10. The van der Waals surface area contributed by atoms with Crippen LogP contribution in [0, 0.1) is 0 Å². The molecule has 0 saturated heterocycles. The van der Waals surface area contributed by atoms with Gasteiger partial charge in [0.2, 0.25) is 0 Å². The van der Waals surface area contributed by atoms with E-state index in [1.165, 1.54) is 32.7 Å². The van der Waals surface area contributed by atoms with Crippen LogP contribution in [0.4, 0.5) is 5.69 Å². The van der Waals surface area contributed by atoms with E-state index in [-0.39, 0.29) is 6.04 Å². The molecule has 6 rings (SSSR count). The molecule has 0 radical (unpaired) electrons. The fourth-order valence-corrected chi connectivity index (χ4v) is 5.28. The standard InChI is InChI=1S/C29H22N2S/c1-2-10-25(11-3-1)31-28(19-24(30-31)15-14-21-16-17-32-20-21)29-26-12-6-4-8-22(26)18-23-9-5-7-13-27(23)29/h1-18,20,28H,19H2/b15-14+. The lowest BCUT2D eigenvalue weighted by molar-refractivity contribution is 0.719. The van der Waals surface area contributed by atoms with Gasteiger partial charge in [0.05, 0.1) is 17.4 Å². The average Bonchev–Trinajstić information content (AvgIpc) is 3.52. The van der Waals surface area contributed by atoms with E-state index in [1.807, 2.05) is 0 Å². The van der Waals surface area contributed by atoms with E-state index in [0.29, 0.717) is 0 Å². The fourth-order valence-electron chi connectivity index (χ4n) is 4.65. The highest BCUT2D eigenvalue weighted by atomic mass is 32.1. The molecule has 1 atom stereocenters. The molecule has 0 fully saturated rings. The van der Waals surface area contributed by atoms with Crippen LogP contribution in [0.3, 0.4) is 0 Å². The highest BCUT2D eigenvalue weighted by Crippen LogP contribution is 2.42. The van der Waals surface area contributed by atoms with E-state index in [2.05, 4.69) is 119 Å². The van der Waals surface area contributed by atoms with Gasteiger partial charge in [0.25, 0.3) is 0 Å². The minimum Gasteiger partial charge on any atom is -0.257 e. The Balaban J connectivity index is 1.53.